The van der Waals surface area contributed by atoms with Gasteiger partial charge >= 0.3 is 5.97 Å². The van der Waals surface area contributed by atoms with Crippen LogP contribution in [0.4, 0.5) is 0 Å². The van der Waals surface area contributed by atoms with Gasteiger partial charge in [0.15, 0.2) is 12.4 Å². The van der Waals surface area contributed by atoms with Gasteiger partial charge in [0.25, 0.3) is 0 Å². The predicted octanol–water partition coefficient (Wildman–Crippen LogP) is 4.46. The minimum Gasteiger partial charge on any atom is -0.508 e. The van der Waals surface area contributed by atoms with Crippen molar-refractivity contribution in [1.82, 2.24) is 4.98 Å². The van der Waals surface area contributed by atoms with Crippen molar-refractivity contribution in [1.29, 1.82) is 0 Å². The minimum absolute atomic E-state index is 0.0356. The number of allylic oxidation sites excluding steroid dienone is 3. The molecular formula is C22H29NO5. The SMILES string of the molecule is CC1=CC(OCC(=O)O)=C(O)C(C)C1Cc1ccc(O)c(C2CCCCC2)n1. The molecule has 2 atom stereocenters. The Morgan fingerprint density at radius 3 is 2.61 bits per heavy atom. The summed E-state index contributed by atoms with van der Waals surface area (Å²) in [4.78, 5) is 15.5. The lowest BCUT2D eigenvalue weighted by molar-refractivity contribution is -0.140. The molecule has 152 valence electrons. The topological polar surface area (TPSA) is 99.9 Å². The van der Waals surface area contributed by atoms with Gasteiger partial charge in [0.2, 0.25) is 0 Å². The van der Waals surface area contributed by atoms with Gasteiger partial charge in [-0.1, -0.05) is 31.8 Å². The Morgan fingerprint density at radius 1 is 1.21 bits per heavy atom. The van der Waals surface area contributed by atoms with E-state index in [2.05, 4.69) is 0 Å². The molecule has 0 radical (unpaired) electrons. The van der Waals surface area contributed by atoms with Crippen LogP contribution in [0.15, 0.2) is 35.3 Å². The third-order valence-corrected chi connectivity index (χ3v) is 5.96. The van der Waals surface area contributed by atoms with Crippen molar-refractivity contribution in [3.8, 4) is 5.75 Å². The van der Waals surface area contributed by atoms with Gasteiger partial charge in [0.05, 0.1) is 5.69 Å². The van der Waals surface area contributed by atoms with Crippen LogP contribution in [0.25, 0.3) is 0 Å². The molecule has 2 unspecified atom stereocenters. The fourth-order valence-electron chi connectivity index (χ4n) is 4.32. The zero-order chi connectivity index (χ0) is 20.3. The van der Waals surface area contributed by atoms with E-state index >= 15 is 0 Å². The second-order valence-electron chi connectivity index (χ2n) is 7.96. The third-order valence-electron chi connectivity index (χ3n) is 5.96. The predicted molar refractivity (Wildman–Crippen MR) is 105 cm³/mol. The second kappa shape index (κ2) is 8.67. The zero-order valence-electron chi connectivity index (χ0n) is 16.5. The lowest BCUT2D eigenvalue weighted by Gasteiger charge is -2.30. The summed E-state index contributed by atoms with van der Waals surface area (Å²) in [5.74, 6) is -0.362. The highest BCUT2D eigenvalue weighted by molar-refractivity contribution is 5.68. The van der Waals surface area contributed by atoms with Gasteiger partial charge in [0.1, 0.15) is 11.5 Å². The van der Waals surface area contributed by atoms with Gasteiger partial charge < -0.3 is 20.1 Å². The summed E-state index contributed by atoms with van der Waals surface area (Å²) in [7, 11) is 0. The summed E-state index contributed by atoms with van der Waals surface area (Å²) < 4.78 is 5.22. The third kappa shape index (κ3) is 4.49. The number of aromatic hydroxyl groups is 1. The standard InChI is InChI=1S/C22H29NO5/c1-13-10-19(28-12-20(25)26)22(27)14(2)17(13)11-16-8-9-18(24)21(23-16)15-6-4-3-5-7-15/h8-10,14-15,17,24,27H,3-7,11-12H2,1-2H3,(H,25,26). The van der Waals surface area contributed by atoms with Crippen molar-refractivity contribution in [2.24, 2.45) is 11.8 Å². The Labute approximate surface area is 165 Å². The molecule has 28 heavy (non-hydrogen) atoms. The first kappa shape index (κ1) is 20.2. The second-order valence-corrected chi connectivity index (χ2v) is 7.96. The maximum absolute atomic E-state index is 10.7. The molecule has 1 fully saturated rings. The Bertz CT molecular complexity index is 792. The summed E-state index contributed by atoms with van der Waals surface area (Å²) in [6, 6.07) is 3.58. The van der Waals surface area contributed by atoms with E-state index in [-0.39, 0.29) is 29.1 Å². The number of rotatable bonds is 6. The van der Waals surface area contributed by atoms with E-state index in [9.17, 15) is 15.0 Å². The lowest BCUT2D eigenvalue weighted by atomic mass is 9.79. The van der Waals surface area contributed by atoms with Gasteiger partial charge in [0, 0.05) is 17.5 Å². The van der Waals surface area contributed by atoms with Crippen LogP contribution in [-0.4, -0.2) is 32.9 Å². The maximum Gasteiger partial charge on any atom is 0.341 e. The average Bonchev–Trinajstić information content (AvgIpc) is 2.68. The van der Waals surface area contributed by atoms with Crippen LogP contribution in [0.2, 0.25) is 0 Å². The van der Waals surface area contributed by atoms with Crippen LogP contribution < -0.4 is 0 Å². The summed E-state index contributed by atoms with van der Waals surface area (Å²) >= 11 is 0. The molecule has 0 bridgehead atoms. The quantitative estimate of drug-likeness (QED) is 0.666. The Kier molecular flexibility index (Phi) is 6.27. The van der Waals surface area contributed by atoms with Gasteiger partial charge in [-0.25, -0.2) is 4.79 Å². The first-order valence-electron chi connectivity index (χ1n) is 10.0. The minimum atomic E-state index is -1.08. The van der Waals surface area contributed by atoms with E-state index in [1.807, 2.05) is 19.9 Å². The molecule has 0 aromatic carbocycles. The van der Waals surface area contributed by atoms with E-state index < -0.39 is 12.6 Å². The van der Waals surface area contributed by atoms with Crippen molar-refractivity contribution >= 4 is 5.97 Å². The summed E-state index contributed by atoms with van der Waals surface area (Å²) in [5, 5.41) is 29.6. The molecule has 0 aliphatic heterocycles. The number of aliphatic hydroxyl groups is 1. The number of ether oxygens (including phenoxy) is 1. The molecule has 3 rings (SSSR count). The average molecular weight is 387 g/mol. The van der Waals surface area contributed by atoms with Crippen LogP contribution >= 0.6 is 0 Å². The molecule has 2 aliphatic rings. The van der Waals surface area contributed by atoms with Gasteiger partial charge in [-0.15, -0.1) is 0 Å². The zero-order valence-corrected chi connectivity index (χ0v) is 16.5. The Hall–Kier alpha value is -2.50. The number of aromatic nitrogens is 1. The molecule has 6 heteroatoms. The highest BCUT2D eigenvalue weighted by Gasteiger charge is 2.30. The fraction of sp³-hybridized carbons (Fsp3) is 0.545. The van der Waals surface area contributed by atoms with E-state index in [4.69, 9.17) is 14.8 Å². The highest BCUT2D eigenvalue weighted by atomic mass is 16.5. The summed E-state index contributed by atoms with van der Waals surface area (Å²) in [6.45, 7) is 3.38. The smallest absolute Gasteiger partial charge is 0.341 e. The van der Waals surface area contributed by atoms with Crippen molar-refractivity contribution in [2.45, 2.75) is 58.3 Å². The largest absolute Gasteiger partial charge is 0.508 e. The molecule has 1 saturated carbocycles. The molecule has 2 aliphatic carbocycles. The van der Waals surface area contributed by atoms with Crippen molar-refractivity contribution in [2.75, 3.05) is 6.61 Å². The van der Waals surface area contributed by atoms with E-state index in [0.717, 1.165) is 29.8 Å². The van der Waals surface area contributed by atoms with Crippen molar-refractivity contribution in [3.63, 3.8) is 0 Å². The molecule has 1 aromatic heterocycles. The number of nitrogens with zero attached hydrogens (tertiary/aromatic N) is 1. The van der Waals surface area contributed by atoms with Crippen molar-refractivity contribution < 1.29 is 24.9 Å². The number of pyridine rings is 1. The van der Waals surface area contributed by atoms with Gasteiger partial charge in [-0.05, 0) is 50.3 Å². The maximum atomic E-state index is 10.7. The number of aliphatic hydroxyl groups excluding tert-OH is 1. The lowest BCUT2D eigenvalue weighted by Crippen LogP contribution is -2.24. The van der Waals surface area contributed by atoms with Gasteiger partial charge in [-0.3, -0.25) is 4.98 Å². The van der Waals surface area contributed by atoms with Crippen LogP contribution in [0.3, 0.4) is 0 Å². The molecule has 0 amide bonds. The monoisotopic (exact) mass is 387 g/mol. The Morgan fingerprint density at radius 2 is 1.93 bits per heavy atom. The van der Waals surface area contributed by atoms with Crippen LogP contribution in [0.5, 0.6) is 5.75 Å². The molecule has 1 heterocycles. The van der Waals surface area contributed by atoms with Crippen LogP contribution in [0.1, 0.15) is 63.3 Å². The summed E-state index contributed by atoms with van der Waals surface area (Å²) in [5.41, 5.74) is 2.71. The molecule has 0 saturated heterocycles. The van der Waals surface area contributed by atoms with Crippen LogP contribution in [0, 0.1) is 11.8 Å². The molecule has 0 spiro atoms. The normalized spacial score (nSPS) is 23.4. The number of hydrogen-bond donors (Lipinski definition) is 3. The molecule has 1 aromatic rings. The highest BCUT2D eigenvalue weighted by Crippen LogP contribution is 2.38. The molecular weight excluding hydrogens is 358 g/mol. The molecule has 3 N–H and O–H groups in total. The molecule has 6 nitrogen and oxygen atoms in total. The van der Waals surface area contributed by atoms with Crippen LogP contribution in [-0.2, 0) is 16.0 Å². The van der Waals surface area contributed by atoms with E-state index in [0.29, 0.717) is 12.3 Å². The summed E-state index contributed by atoms with van der Waals surface area (Å²) in [6.07, 6.45) is 8.08. The number of carboxylic acid groups (broad SMARTS) is 1. The number of aliphatic carboxylic acids is 1. The first-order chi connectivity index (χ1) is 13.4. The van der Waals surface area contributed by atoms with Crippen molar-refractivity contribution in [3.05, 3.63) is 46.7 Å². The fourth-order valence-corrected chi connectivity index (χ4v) is 4.32. The van der Waals surface area contributed by atoms with Gasteiger partial charge in [-0.2, -0.15) is 0 Å². The first-order valence-corrected chi connectivity index (χ1v) is 10.0. The number of hydrogen-bond acceptors (Lipinski definition) is 5. The Balaban J connectivity index is 1.77. The van der Waals surface area contributed by atoms with E-state index in [1.54, 1.807) is 12.1 Å². The van der Waals surface area contributed by atoms with E-state index in [1.165, 1.54) is 19.3 Å². The number of carbonyl (C=O) groups is 1. The number of carboxylic acids is 1.